The van der Waals surface area contributed by atoms with E-state index < -0.39 is 5.92 Å². The number of anilines is 2. The van der Waals surface area contributed by atoms with Crippen LogP contribution in [0.25, 0.3) is 0 Å². The molecule has 3 rings (SSSR count). The van der Waals surface area contributed by atoms with E-state index in [0.717, 1.165) is 12.1 Å². The number of methoxy groups -OCH3 is 2. The maximum atomic E-state index is 12.7. The Bertz CT molecular complexity index is 879. The molecule has 2 atom stereocenters. The van der Waals surface area contributed by atoms with Crippen LogP contribution < -0.4 is 19.7 Å². The molecule has 0 aromatic heterocycles. The highest BCUT2D eigenvalue weighted by Crippen LogP contribution is 2.36. The van der Waals surface area contributed by atoms with Gasteiger partial charge in [0.25, 0.3) is 0 Å². The molecule has 2 aromatic carbocycles. The number of hydrogen-bond acceptors (Lipinski definition) is 4. The van der Waals surface area contributed by atoms with Crippen molar-refractivity contribution in [2.45, 2.75) is 32.6 Å². The van der Waals surface area contributed by atoms with Gasteiger partial charge in [0, 0.05) is 24.7 Å². The molecule has 6 heteroatoms. The Morgan fingerprint density at radius 2 is 1.90 bits per heavy atom. The van der Waals surface area contributed by atoms with Gasteiger partial charge in [0.05, 0.1) is 25.8 Å². The smallest absolute Gasteiger partial charge is 0.229 e. The highest BCUT2D eigenvalue weighted by Gasteiger charge is 2.36. The van der Waals surface area contributed by atoms with Crippen molar-refractivity contribution < 1.29 is 19.1 Å². The number of ether oxygens (including phenoxy) is 2. The molecule has 1 aliphatic heterocycles. The molecule has 1 heterocycles. The van der Waals surface area contributed by atoms with Gasteiger partial charge in [0.1, 0.15) is 11.5 Å². The molecule has 2 amide bonds. The molecule has 6 nitrogen and oxygen atoms in total. The number of rotatable bonds is 7. The fourth-order valence-electron chi connectivity index (χ4n) is 3.50. The summed E-state index contributed by atoms with van der Waals surface area (Å²) < 4.78 is 10.7. The summed E-state index contributed by atoms with van der Waals surface area (Å²) >= 11 is 0. The largest absolute Gasteiger partial charge is 0.497 e. The van der Waals surface area contributed by atoms with Crippen molar-refractivity contribution in [1.29, 1.82) is 0 Å². The summed E-state index contributed by atoms with van der Waals surface area (Å²) in [6.45, 7) is 4.64. The molecule has 29 heavy (non-hydrogen) atoms. The normalized spacial score (nSPS) is 17.2. The first kappa shape index (κ1) is 20.7. The van der Waals surface area contributed by atoms with Crippen LogP contribution in [-0.4, -0.2) is 32.6 Å². The second-order valence-electron chi connectivity index (χ2n) is 7.36. The van der Waals surface area contributed by atoms with Crippen LogP contribution in [0.4, 0.5) is 11.4 Å². The first-order valence-corrected chi connectivity index (χ1v) is 9.90. The Morgan fingerprint density at radius 3 is 2.52 bits per heavy atom. The van der Waals surface area contributed by atoms with E-state index in [1.54, 1.807) is 37.3 Å². The fourth-order valence-corrected chi connectivity index (χ4v) is 3.50. The summed E-state index contributed by atoms with van der Waals surface area (Å²) in [6.07, 6.45) is 1.23. The lowest BCUT2D eigenvalue weighted by atomic mass is 9.98. The van der Waals surface area contributed by atoms with Crippen molar-refractivity contribution >= 4 is 23.2 Å². The molecule has 0 radical (unpaired) electrons. The predicted molar refractivity (Wildman–Crippen MR) is 114 cm³/mol. The minimum atomic E-state index is -0.423. The Hall–Kier alpha value is -3.02. The summed E-state index contributed by atoms with van der Waals surface area (Å²) in [4.78, 5) is 27.0. The van der Waals surface area contributed by atoms with E-state index in [1.165, 1.54) is 5.56 Å². The molecule has 0 unspecified atom stereocenters. The topological polar surface area (TPSA) is 67.9 Å². The molecule has 0 spiro atoms. The first-order chi connectivity index (χ1) is 14.0. The average molecular weight is 396 g/mol. The van der Waals surface area contributed by atoms with Crippen LogP contribution in [0, 0.1) is 5.92 Å². The van der Waals surface area contributed by atoms with Gasteiger partial charge in [-0.1, -0.05) is 26.0 Å². The van der Waals surface area contributed by atoms with Crippen LogP contribution >= 0.6 is 0 Å². The molecule has 0 saturated carbocycles. The average Bonchev–Trinajstić information content (AvgIpc) is 3.14. The van der Waals surface area contributed by atoms with Crippen LogP contribution in [0.3, 0.4) is 0 Å². The molecule has 154 valence electrons. The van der Waals surface area contributed by atoms with Crippen molar-refractivity contribution in [2.75, 3.05) is 31.0 Å². The van der Waals surface area contributed by atoms with E-state index in [2.05, 4.69) is 19.2 Å². The van der Waals surface area contributed by atoms with E-state index in [0.29, 0.717) is 29.6 Å². The Balaban J connectivity index is 1.71. The quantitative estimate of drug-likeness (QED) is 0.761. The second-order valence-corrected chi connectivity index (χ2v) is 7.36. The van der Waals surface area contributed by atoms with E-state index in [9.17, 15) is 9.59 Å². The predicted octanol–water partition coefficient (Wildman–Crippen LogP) is 4.21. The third-order valence-electron chi connectivity index (χ3n) is 5.53. The van der Waals surface area contributed by atoms with Crippen molar-refractivity contribution in [3.05, 3.63) is 48.0 Å². The molecule has 1 fully saturated rings. The van der Waals surface area contributed by atoms with Crippen LogP contribution in [-0.2, 0) is 9.59 Å². The van der Waals surface area contributed by atoms with Crippen molar-refractivity contribution in [3.63, 3.8) is 0 Å². The molecule has 1 aliphatic rings. The maximum Gasteiger partial charge on any atom is 0.229 e. The highest BCUT2D eigenvalue weighted by atomic mass is 16.5. The van der Waals surface area contributed by atoms with Crippen LogP contribution in [0.15, 0.2) is 42.5 Å². The number of nitrogens with zero attached hydrogens (tertiary/aromatic N) is 1. The first-order valence-electron chi connectivity index (χ1n) is 9.90. The van der Waals surface area contributed by atoms with Gasteiger partial charge < -0.3 is 19.7 Å². The fraction of sp³-hybridized carbons (Fsp3) is 0.391. The zero-order chi connectivity index (χ0) is 21.0. The van der Waals surface area contributed by atoms with Gasteiger partial charge in [-0.2, -0.15) is 0 Å². The minimum Gasteiger partial charge on any atom is -0.497 e. The molecule has 0 bridgehead atoms. The number of hydrogen-bond donors (Lipinski definition) is 1. The summed E-state index contributed by atoms with van der Waals surface area (Å²) in [5, 5.41) is 2.94. The van der Waals surface area contributed by atoms with Gasteiger partial charge in [-0.3, -0.25) is 9.59 Å². The Labute approximate surface area is 171 Å². The monoisotopic (exact) mass is 396 g/mol. The zero-order valence-electron chi connectivity index (χ0n) is 17.4. The number of nitrogens with one attached hydrogen (secondary N) is 1. The van der Waals surface area contributed by atoms with Gasteiger partial charge >= 0.3 is 0 Å². The zero-order valence-corrected chi connectivity index (χ0v) is 17.4. The van der Waals surface area contributed by atoms with Crippen molar-refractivity contribution in [3.8, 4) is 11.5 Å². The third-order valence-corrected chi connectivity index (χ3v) is 5.53. The lowest BCUT2D eigenvalue weighted by Gasteiger charge is -2.20. The minimum absolute atomic E-state index is 0.108. The van der Waals surface area contributed by atoms with E-state index >= 15 is 0 Å². The number of carbonyl (C=O) groups excluding carboxylic acids is 2. The number of carbonyl (C=O) groups is 2. The maximum absolute atomic E-state index is 12.7. The van der Waals surface area contributed by atoms with E-state index in [-0.39, 0.29) is 18.2 Å². The number of benzene rings is 2. The SMILES string of the molecule is CC[C@H](C)c1ccc(NC(=O)[C@@H]2CC(=O)N(c3cc(OC)ccc3OC)C2)cc1. The lowest BCUT2D eigenvalue weighted by molar-refractivity contribution is -0.122. The van der Waals surface area contributed by atoms with E-state index in [4.69, 9.17) is 9.47 Å². The van der Waals surface area contributed by atoms with Gasteiger partial charge in [-0.05, 0) is 42.2 Å². The van der Waals surface area contributed by atoms with Crippen LogP contribution in [0.1, 0.15) is 38.2 Å². The standard InChI is InChI=1S/C23H28N2O4/c1-5-15(2)16-6-8-18(9-7-16)24-23(27)17-12-22(26)25(14-17)20-13-19(28-3)10-11-21(20)29-4/h6-11,13,15,17H,5,12,14H2,1-4H3,(H,24,27)/t15-,17+/m0/s1. The van der Waals surface area contributed by atoms with E-state index in [1.807, 2.05) is 24.3 Å². The summed E-state index contributed by atoms with van der Waals surface area (Å²) in [5.41, 5.74) is 2.61. The van der Waals surface area contributed by atoms with Gasteiger partial charge in [0.15, 0.2) is 0 Å². The van der Waals surface area contributed by atoms with Crippen LogP contribution in [0.2, 0.25) is 0 Å². The number of amides is 2. The highest BCUT2D eigenvalue weighted by molar-refractivity contribution is 6.04. The van der Waals surface area contributed by atoms with Gasteiger partial charge in [-0.15, -0.1) is 0 Å². The van der Waals surface area contributed by atoms with Crippen molar-refractivity contribution in [1.82, 2.24) is 0 Å². The molecule has 1 N–H and O–H groups in total. The molecule has 1 saturated heterocycles. The summed E-state index contributed by atoms with van der Waals surface area (Å²) in [7, 11) is 3.12. The summed E-state index contributed by atoms with van der Waals surface area (Å²) in [6, 6.07) is 13.2. The molecule has 2 aromatic rings. The second kappa shape index (κ2) is 8.99. The molecular weight excluding hydrogens is 368 g/mol. The van der Waals surface area contributed by atoms with Crippen molar-refractivity contribution in [2.24, 2.45) is 5.92 Å². The molecular formula is C23H28N2O4. The third kappa shape index (κ3) is 4.53. The Morgan fingerprint density at radius 1 is 1.17 bits per heavy atom. The molecule has 0 aliphatic carbocycles. The summed E-state index contributed by atoms with van der Waals surface area (Å²) in [5.74, 6) is 0.998. The van der Waals surface area contributed by atoms with Gasteiger partial charge in [0.2, 0.25) is 11.8 Å². The Kier molecular flexibility index (Phi) is 6.42. The lowest BCUT2D eigenvalue weighted by Crippen LogP contribution is -2.28. The van der Waals surface area contributed by atoms with Gasteiger partial charge in [-0.25, -0.2) is 0 Å². The van der Waals surface area contributed by atoms with Crippen LogP contribution in [0.5, 0.6) is 11.5 Å².